The number of urea groups is 1. The van der Waals surface area contributed by atoms with Crippen LogP contribution in [0, 0.1) is 0 Å². The lowest BCUT2D eigenvalue weighted by Gasteiger charge is -2.28. The van der Waals surface area contributed by atoms with Gasteiger partial charge < -0.3 is 15.4 Å². The fraction of sp³-hybridized carbons (Fsp3) is 0.174. The molecule has 1 aliphatic heterocycles. The normalized spacial score (nSPS) is 16.1. The molecule has 2 amide bonds. The maximum absolute atomic E-state index is 12.7. The molecule has 0 saturated carbocycles. The van der Waals surface area contributed by atoms with Gasteiger partial charge in [0, 0.05) is 11.3 Å². The number of carbonyl (C=O) groups excluding carboxylic acids is 2. The molecule has 0 unspecified atom stereocenters. The van der Waals surface area contributed by atoms with E-state index in [2.05, 4.69) is 10.6 Å². The van der Waals surface area contributed by atoms with E-state index in [4.69, 9.17) is 9.84 Å². The van der Waals surface area contributed by atoms with E-state index in [0.717, 1.165) is 16.9 Å². The molecule has 7 heteroatoms. The lowest BCUT2D eigenvalue weighted by molar-refractivity contribution is -0.139. The standard InChI is InChI=1S/C23H22N4O3/c1-3-30-22(28)20-15(2)24-23(29)25-21(20)19-14-18(16-10-6-4-7-11-16)26-27(19)17-12-8-5-9-13-17/h4-14,21H,3H2,1-2H3,(H2,24,25,29)/t21-/m0/s1. The minimum Gasteiger partial charge on any atom is -0.463 e. The van der Waals surface area contributed by atoms with Crippen LogP contribution in [-0.4, -0.2) is 28.4 Å². The number of nitrogens with zero attached hydrogens (tertiary/aromatic N) is 2. The summed E-state index contributed by atoms with van der Waals surface area (Å²) in [7, 11) is 0. The average molecular weight is 402 g/mol. The maximum atomic E-state index is 12.7. The number of rotatable bonds is 5. The van der Waals surface area contributed by atoms with Gasteiger partial charge in [-0.2, -0.15) is 5.10 Å². The number of esters is 1. The van der Waals surface area contributed by atoms with Gasteiger partial charge in [-0.15, -0.1) is 0 Å². The second kappa shape index (κ2) is 8.24. The summed E-state index contributed by atoms with van der Waals surface area (Å²) in [5.74, 6) is -0.477. The molecule has 1 atom stereocenters. The smallest absolute Gasteiger partial charge is 0.338 e. The summed E-state index contributed by atoms with van der Waals surface area (Å²) in [6.45, 7) is 3.68. The lowest BCUT2D eigenvalue weighted by atomic mass is 9.99. The summed E-state index contributed by atoms with van der Waals surface area (Å²) in [5.41, 5.74) is 3.98. The quantitative estimate of drug-likeness (QED) is 0.637. The van der Waals surface area contributed by atoms with Gasteiger partial charge >= 0.3 is 12.0 Å². The van der Waals surface area contributed by atoms with Crippen LogP contribution >= 0.6 is 0 Å². The van der Waals surface area contributed by atoms with E-state index >= 15 is 0 Å². The Labute approximate surface area is 174 Å². The van der Waals surface area contributed by atoms with E-state index in [1.54, 1.807) is 18.5 Å². The highest BCUT2D eigenvalue weighted by atomic mass is 16.5. The molecule has 4 rings (SSSR count). The number of hydrogen-bond acceptors (Lipinski definition) is 4. The number of ether oxygens (including phenoxy) is 1. The summed E-state index contributed by atoms with van der Waals surface area (Å²) in [6, 6.07) is 20.2. The first-order valence-corrected chi connectivity index (χ1v) is 9.74. The third kappa shape index (κ3) is 3.69. The van der Waals surface area contributed by atoms with Crippen molar-refractivity contribution < 1.29 is 14.3 Å². The van der Waals surface area contributed by atoms with Gasteiger partial charge in [0.25, 0.3) is 0 Å². The van der Waals surface area contributed by atoms with Crippen LogP contribution in [0.4, 0.5) is 4.79 Å². The Bertz CT molecular complexity index is 1100. The highest BCUT2D eigenvalue weighted by molar-refractivity contribution is 5.95. The van der Waals surface area contributed by atoms with E-state index in [1.807, 2.05) is 66.7 Å². The van der Waals surface area contributed by atoms with Crippen molar-refractivity contribution in [1.82, 2.24) is 20.4 Å². The molecule has 30 heavy (non-hydrogen) atoms. The van der Waals surface area contributed by atoms with Gasteiger partial charge in [-0.25, -0.2) is 14.3 Å². The Morgan fingerprint density at radius 1 is 1.10 bits per heavy atom. The van der Waals surface area contributed by atoms with Gasteiger partial charge in [-0.3, -0.25) is 0 Å². The molecule has 2 N–H and O–H groups in total. The monoisotopic (exact) mass is 402 g/mol. The second-order valence-electron chi connectivity index (χ2n) is 6.86. The van der Waals surface area contributed by atoms with Crippen molar-refractivity contribution in [1.29, 1.82) is 0 Å². The van der Waals surface area contributed by atoms with E-state index in [1.165, 1.54) is 0 Å². The first-order chi connectivity index (χ1) is 14.6. The third-order valence-electron chi connectivity index (χ3n) is 4.87. The van der Waals surface area contributed by atoms with Crippen molar-refractivity contribution >= 4 is 12.0 Å². The highest BCUT2D eigenvalue weighted by Gasteiger charge is 2.35. The zero-order chi connectivity index (χ0) is 21.1. The lowest BCUT2D eigenvalue weighted by Crippen LogP contribution is -2.45. The van der Waals surface area contributed by atoms with Gasteiger partial charge in [-0.1, -0.05) is 48.5 Å². The van der Waals surface area contributed by atoms with Gasteiger partial charge in [-0.05, 0) is 32.0 Å². The Kier molecular flexibility index (Phi) is 5.34. The summed E-state index contributed by atoms with van der Waals surface area (Å²) in [5, 5.41) is 10.3. The molecule has 0 saturated heterocycles. The zero-order valence-corrected chi connectivity index (χ0v) is 16.8. The molecule has 1 aliphatic rings. The number of carbonyl (C=O) groups is 2. The largest absolute Gasteiger partial charge is 0.463 e. The van der Waals surface area contributed by atoms with Gasteiger partial charge in [0.05, 0.1) is 29.3 Å². The first-order valence-electron chi connectivity index (χ1n) is 9.74. The molecule has 0 fully saturated rings. The minimum absolute atomic E-state index is 0.240. The Morgan fingerprint density at radius 2 is 1.77 bits per heavy atom. The zero-order valence-electron chi connectivity index (χ0n) is 16.8. The van der Waals surface area contributed by atoms with Crippen LogP contribution in [-0.2, 0) is 9.53 Å². The predicted octanol–water partition coefficient (Wildman–Crippen LogP) is 3.73. The summed E-state index contributed by atoms with van der Waals surface area (Å²) in [6.07, 6.45) is 0. The van der Waals surface area contributed by atoms with Crippen LogP contribution < -0.4 is 10.6 Å². The Balaban J connectivity index is 1.89. The third-order valence-corrected chi connectivity index (χ3v) is 4.87. The van der Waals surface area contributed by atoms with Crippen LogP contribution in [0.5, 0.6) is 0 Å². The Hall–Kier alpha value is -3.87. The highest BCUT2D eigenvalue weighted by Crippen LogP contribution is 2.32. The number of allylic oxidation sites excluding steroid dienone is 1. The molecule has 2 heterocycles. The van der Waals surface area contributed by atoms with Crippen LogP contribution in [0.1, 0.15) is 25.6 Å². The molecule has 3 aromatic rings. The molecule has 0 aliphatic carbocycles. The average Bonchev–Trinajstić information content (AvgIpc) is 3.20. The molecule has 7 nitrogen and oxygen atoms in total. The van der Waals surface area contributed by atoms with E-state index in [9.17, 15) is 9.59 Å². The fourth-order valence-electron chi connectivity index (χ4n) is 3.52. The Morgan fingerprint density at radius 3 is 2.43 bits per heavy atom. The fourth-order valence-corrected chi connectivity index (χ4v) is 3.52. The molecule has 152 valence electrons. The van der Waals surface area contributed by atoms with Crippen molar-refractivity contribution in [2.24, 2.45) is 0 Å². The van der Waals surface area contributed by atoms with Gasteiger partial charge in [0.1, 0.15) is 6.04 Å². The molecular weight excluding hydrogens is 380 g/mol. The number of para-hydroxylation sites is 1. The molecule has 0 spiro atoms. The van der Waals surface area contributed by atoms with E-state index < -0.39 is 12.0 Å². The van der Waals surface area contributed by atoms with Crippen LogP contribution in [0.3, 0.4) is 0 Å². The first kappa shape index (κ1) is 19.4. The number of aromatic nitrogens is 2. The summed E-state index contributed by atoms with van der Waals surface area (Å²) >= 11 is 0. The van der Waals surface area contributed by atoms with E-state index in [0.29, 0.717) is 17.0 Å². The van der Waals surface area contributed by atoms with Crippen LogP contribution in [0.15, 0.2) is 78.0 Å². The second-order valence-corrected chi connectivity index (χ2v) is 6.86. The van der Waals surface area contributed by atoms with E-state index in [-0.39, 0.29) is 12.6 Å². The number of hydrogen-bond donors (Lipinski definition) is 2. The predicted molar refractivity (Wildman–Crippen MR) is 113 cm³/mol. The SMILES string of the molecule is CCOC(=O)C1=C(C)NC(=O)N[C@H]1c1cc(-c2ccccc2)nn1-c1ccccc1. The van der Waals surface area contributed by atoms with Gasteiger partial charge in [0.2, 0.25) is 0 Å². The molecule has 0 bridgehead atoms. The number of amides is 2. The van der Waals surface area contributed by atoms with Crippen molar-refractivity contribution in [3.8, 4) is 16.9 Å². The molecule has 2 aromatic carbocycles. The topological polar surface area (TPSA) is 85.2 Å². The molecule has 0 radical (unpaired) electrons. The van der Waals surface area contributed by atoms with Crippen molar-refractivity contribution in [3.05, 3.63) is 83.7 Å². The summed E-state index contributed by atoms with van der Waals surface area (Å²) < 4.78 is 7.01. The molecular formula is C23H22N4O3. The van der Waals surface area contributed by atoms with Crippen molar-refractivity contribution in [2.75, 3.05) is 6.61 Å². The molecule has 1 aromatic heterocycles. The minimum atomic E-state index is -0.706. The van der Waals surface area contributed by atoms with Crippen molar-refractivity contribution in [3.63, 3.8) is 0 Å². The van der Waals surface area contributed by atoms with Crippen molar-refractivity contribution in [2.45, 2.75) is 19.9 Å². The number of nitrogens with one attached hydrogen (secondary N) is 2. The van der Waals surface area contributed by atoms with Crippen LogP contribution in [0.25, 0.3) is 16.9 Å². The number of benzene rings is 2. The van der Waals surface area contributed by atoms with Crippen LogP contribution in [0.2, 0.25) is 0 Å². The van der Waals surface area contributed by atoms with Gasteiger partial charge in [0.15, 0.2) is 0 Å². The maximum Gasteiger partial charge on any atom is 0.338 e. The summed E-state index contributed by atoms with van der Waals surface area (Å²) in [4.78, 5) is 25.0.